The summed E-state index contributed by atoms with van der Waals surface area (Å²) in [5.74, 6) is 0. The van der Waals surface area contributed by atoms with E-state index in [2.05, 4.69) is 4.72 Å². The van der Waals surface area contributed by atoms with Crippen molar-refractivity contribution in [2.24, 2.45) is 5.41 Å². The first-order chi connectivity index (χ1) is 8.45. The van der Waals surface area contributed by atoms with Crippen molar-refractivity contribution in [1.82, 2.24) is 4.72 Å². The highest BCUT2D eigenvalue weighted by atomic mass is 35.5. The Kier molecular flexibility index (Phi) is 4.78. The molecule has 19 heavy (non-hydrogen) atoms. The molecule has 0 aliphatic heterocycles. The van der Waals surface area contributed by atoms with Gasteiger partial charge in [-0.1, -0.05) is 44.0 Å². The van der Waals surface area contributed by atoms with Crippen LogP contribution in [0.25, 0.3) is 0 Å². The van der Waals surface area contributed by atoms with Gasteiger partial charge >= 0.3 is 0 Å². The lowest BCUT2D eigenvalue weighted by molar-refractivity contribution is 0.317. The van der Waals surface area contributed by atoms with Crippen molar-refractivity contribution < 1.29 is 8.42 Å². The van der Waals surface area contributed by atoms with E-state index in [9.17, 15) is 8.42 Å². The van der Waals surface area contributed by atoms with Gasteiger partial charge in [-0.15, -0.1) is 0 Å². The molecular weight excluding hydrogens is 307 g/mol. The summed E-state index contributed by atoms with van der Waals surface area (Å²) in [6, 6.07) is 2.45. The van der Waals surface area contributed by atoms with Crippen molar-refractivity contribution in [3.05, 3.63) is 22.2 Å². The molecule has 0 saturated carbocycles. The van der Waals surface area contributed by atoms with E-state index in [1.54, 1.807) is 6.92 Å². The summed E-state index contributed by atoms with van der Waals surface area (Å²) in [4.78, 5) is -0.130. The zero-order chi connectivity index (χ0) is 15.0. The van der Waals surface area contributed by atoms with Crippen LogP contribution in [0.5, 0.6) is 0 Å². The molecule has 0 fully saturated rings. The third kappa shape index (κ3) is 3.99. The summed E-state index contributed by atoms with van der Waals surface area (Å²) in [6.45, 7) is 7.60. The number of halogens is 2. The molecule has 1 unspecified atom stereocenters. The van der Waals surface area contributed by atoms with E-state index in [1.165, 1.54) is 12.1 Å². The molecule has 108 valence electrons. The second-order valence-corrected chi connectivity index (χ2v) is 8.01. The quantitative estimate of drug-likeness (QED) is 0.838. The van der Waals surface area contributed by atoms with Crippen LogP contribution in [-0.2, 0) is 10.0 Å². The standard InChI is InChI=1S/C12H18Cl2N2O2S/c1-7(12(2,3)4)16-19(17,18)11-9(14)5-8(13)6-10(11)15/h5-7,16H,15H2,1-4H3. The second-order valence-electron chi connectivity index (χ2n) is 5.51. The number of sulfonamides is 1. The normalized spacial score (nSPS) is 14.4. The van der Waals surface area contributed by atoms with Gasteiger partial charge in [0.05, 0.1) is 10.7 Å². The van der Waals surface area contributed by atoms with Gasteiger partial charge in [-0.25, -0.2) is 13.1 Å². The molecule has 0 aliphatic carbocycles. The summed E-state index contributed by atoms with van der Waals surface area (Å²) >= 11 is 11.7. The van der Waals surface area contributed by atoms with Gasteiger partial charge < -0.3 is 5.73 Å². The van der Waals surface area contributed by atoms with Crippen LogP contribution in [0.4, 0.5) is 5.69 Å². The maximum atomic E-state index is 12.3. The minimum absolute atomic E-state index is 0.0126. The summed E-state index contributed by atoms with van der Waals surface area (Å²) < 4.78 is 27.2. The van der Waals surface area contributed by atoms with Gasteiger partial charge in [0.15, 0.2) is 0 Å². The number of hydrogen-bond donors (Lipinski definition) is 2. The molecule has 0 saturated heterocycles. The fourth-order valence-electron chi connectivity index (χ4n) is 1.33. The Morgan fingerprint density at radius 3 is 2.21 bits per heavy atom. The van der Waals surface area contributed by atoms with Gasteiger partial charge in [-0.3, -0.25) is 0 Å². The molecular formula is C12H18Cl2N2O2S. The second kappa shape index (κ2) is 5.48. The van der Waals surface area contributed by atoms with Crippen LogP contribution >= 0.6 is 23.2 Å². The van der Waals surface area contributed by atoms with Crippen molar-refractivity contribution in [3.63, 3.8) is 0 Å². The van der Waals surface area contributed by atoms with Gasteiger partial charge in [0.25, 0.3) is 0 Å². The van der Waals surface area contributed by atoms with Crippen LogP contribution in [0.15, 0.2) is 17.0 Å². The van der Waals surface area contributed by atoms with Gasteiger partial charge in [0.2, 0.25) is 10.0 Å². The lowest BCUT2D eigenvalue weighted by Crippen LogP contribution is -2.41. The number of nitrogens with two attached hydrogens (primary N) is 1. The molecule has 1 aromatic carbocycles. The van der Waals surface area contributed by atoms with E-state index >= 15 is 0 Å². The highest BCUT2D eigenvalue weighted by Gasteiger charge is 2.28. The van der Waals surface area contributed by atoms with Gasteiger partial charge in [0.1, 0.15) is 4.90 Å². The topological polar surface area (TPSA) is 72.2 Å². The van der Waals surface area contributed by atoms with Crippen LogP contribution in [0, 0.1) is 5.41 Å². The molecule has 0 aliphatic rings. The van der Waals surface area contributed by atoms with Gasteiger partial charge in [-0.05, 0) is 24.5 Å². The van der Waals surface area contributed by atoms with E-state index in [0.29, 0.717) is 5.02 Å². The molecule has 7 heteroatoms. The summed E-state index contributed by atoms with van der Waals surface area (Å²) in [5.41, 5.74) is 5.52. The molecule has 0 amide bonds. The zero-order valence-corrected chi connectivity index (χ0v) is 13.6. The van der Waals surface area contributed by atoms with Crippen molar-refractivity contribution in [2.75, 3.05) is 5.73 Å². The number of nitrogens with one attached hydrogen (secondary N) is 1. The smallest absolute Gasteiger partial charge is 0.244 e. The predicted molar refractivity (Wildman–Crippen MR) is 80.1 cm³/mol. The summed E-state index contributed by atoms with van der Waals surface area (Å²) in [5, 5.41) is 0.309. The van der Waals surface area contributed by atoms with Gasteiger partial charge in [0, 0.05) is 11.1 Å². The number of anilines is 1. The Labute approximate surface area is 124 Å². The fraction of sp³-hybridized carbons (Fsp3) is 0.500. The molecule has 0 heterocycles. The van der Waals surface area contributed by atoms with E-state index in [-0.39, 0.29) is 27.1 Å². The predicted octanol–water partition coefficient (Wildman–Crippen LogP) is 3.29. The van der Waals surface area contributed by atoms with E-state index in [4.69, 9.17) is 28.9 Å². The molecule has 0 radical (unpaired) electrons. The number of nitrogen functional groups attached to an aromatic ring is 1. The van der Waals surface area contributed by atoms with E-state index < -0.39 is 10.0 Å². The third-order valence-electron chi connectivity index (χ3n) is 2.94. The minimum Gasteiger partial charge on any atom is -0.398 e. The molecule has 4 nitrogen and oxygen atoms in total. The minimum atomic E-state index is -3.79. The maximum Gasteiger partial charge on any atom is 0.244 e. The van der Waals surface area contributed by atoms with Gasteiger partial charge in [-0.2, -0.15) is 0 Å². The number of benzene rings is 1. The Morgan fingerprint density at radius 2 is 1.79 bits per heavy atom. The van der Waals surface area contributed by atoms with Crippen molar-refractivity contribution in [1.29, 1.82) is 0 Å². The fourth-order valence-corrected chi connectivity index (χ4v) is 3.77. The SMILES string of the molecule is CC(NS(=O)(=O)c1c(N)cc(Cl)cc1Cl)C(C)(C)C. The first-order valence-electron chi connectivity index (χ1n) is 5.72. The maximum absolute atomic E-state index is 12.3. The molecule has 1 atom stereocenters. The average molecular weight is 325 g/mol. The molecule has 3 N–H and O–H groups in total. The molecule has 1 rings (SSSR count). The third-order valence-corrected chi connectivity index (χ3v) is 5.22. The highest BCUT2D eigenvalue weighted by Crippen LogP contribution is 2.32. The van der Waals surface area contributed by atoms with Crippen LogP contribution in [0.3, 0.4) is 0 Å². The number of hydrogen-bond acceptors (Lipinski definition) is 3. The average Bonchev–Trinajstić information content (AvgIpc) is 2.11. The highest BCUT2D eigenvalue weighted by molar-refractivity contribution is 7.89. The Balaban J connectivity index is 3.23. The van der Waals surface area contributed by atoms with Crippen molar-refractivity contribution in [3.8, 4) is 0 Å². The first kappa shape index (κ1) is 16.6. The van der Waals surface area contributed by atoms with E-state index in [1.807, 2.05) is 20.8 Å². The Hall–Kier alpha value is -0.490. The molecule has 0 spiro atoms. The zero-order valence-electron chi connectivity index (χ0n) is 11.3. The van der Waals surface area contributed by atoms with Crippen LogP contribution in [0.2, 0.25) is 10.0 Å². The summed E-state index contributed by atoms with van der Waals surface area (Å²) in [6.07, 6.45) is 0. The Bertz CT molecular complexity index is 557. The first-order valence-corrected chi connectivity index (χ1v) is 7.96. The molecule has 1 aromatic rings. The lowest BCUT2D eigenvalue weighted by atomic mass is 9.89. The monoisotopic (exact) mass is 324 g/mol. The van der Waals surface area contributed by atoms with Crippen molar-refractivity contribution in [2.45, 2.75) is 38.6 Å². The number of rotatable bonds is 3. The van der Waals surface area contributed by atoms with Crippen LogP contribution in [-0.4, -0.2) is 14.5 Å². The van der Waals surface area contributed by atoms with Crippen LogP contribution in [0.1, 0.15) is 27.7 Å². The van der Waals surface area contributed by atoms with Crippen LogP contribution < -0.4 is 10.5 Å². The molecule has 0 aromatic heterocycles. The van der Waals surface area contributed by atoms with Crippen molar-refractivity contribution >= 4 is 38.9 Å². The summed E-state index contributed by atoms with van der Waals surface area (Å²) in [7, 11) is -3.79. The Morgan fingerprint density at radius 1 is 1.26 bits per heavy atom. The lowest BCUT2D eigenvalue weighted by Gasteiger charge is -2.28. The van der Waals surface area contributed by atoms with E-state index in [0.717, 1.165) is 0 Å². The molecule has 0 bridgehead atoms. The largest absolute Gasteiger partial charge is 0.398 e.